The summed E-state index contributed by atoms with van der Waals surface area (Å²) < 4.78 is 5.35. The first-order chi connectivity index (χ1) is 4.88. The Morgan fingerprint density at radius 3 is 3.20 bits per heavy atom. The maximum absolute atomic E-state index is 4.19. The molecule has 0 N–H and O–H groups in total. The first kappa shape index (κ1) is 6.48. The van der Waals surface area contributed by atoms with E-state index in [-0.39, 0.29) is 0 Å². The number of rotatable bonds is 0. The third-order valence-corrected chi connectivity index (χ3v) is 2.94. The van der Waals surface area contributed by atoms with E-state index in [1.165, 1.54) is 11.5 Å². The van der Waals surface area contributed by atoms with Crippen LogP contribution in [0.4, 0.5) is 0 Å². The van der Waals surface area contributed by atoms with E-state index in [9.17, 15) is 0 Å². The number of halogens is 1. The van der Waals surface area contributed by atoms with Gasteiger partial charge in [-0.25, -0.2) is 0 Å². The fourth-order valence-corrected chi connectivity index (χ4v) is 2.03. The topological polar surface area (TPSA) is 25.8 Å². The van der Waals surface area contributed by atoms with Crippen LogP contribution in [0.1, 0.15) is 0 Å². The molecule has 2 aromatic heterocycles. The summed E-state index contributed by atoms with van der Waals surface area (Å²) in [6.45, 7) is 0. The SMILES string of the molecule is Ic1snc2cccnc12. The minimum Gasteiger partial charge on any atom is -0.253 e. The average Bonchev–Trinajstić information content (AvgIpc) is 2.34. The molecule has 4 heteroatoms. The third-order valence-electron chi connectivity index (χ3n) is 1.20. The number of pyridine rings is 1. The van der Waals surface area contributed by atoms with Crippen molar-refractivity contribution in [1.82, 2.24) is 9.36 Å². The van der Waals surface area contributed by atoms with Gasteiger partial charge in [-0.2, -0.15) is 4.37 Å². The molecule has 0 fully saturated rings. The molecule has 0 unspecified atom stereocenters. The zero-order valence-corrected chi connectivity index (χ0v) is 7.89. The summed E-state index contributed by atoms with van der Waals surface area (Å²) >= 11 is 3.74. The van der Waals surface area contributed by atoms with Gasteiger partial charge in [0.1, 0.15) is 13.9 Å². The molecule has 0 aliphatic rings. The van der Waals surface area contributed by atoms with Gasteiger partial charge in [-0.3, -0.25) is 4.98 Å². The highest BCUT2D eigenvalue weighted by Gasteiger charge is 2.00. The predicted molar refractivity (Wildman–Crippen MR) is 50.1 cm³/mol. The van der Waals surface area contributed by atoms with Gasteiger partial charge in [-0.15, -0.1) is 0 Å². The van der Waals surface area contributed by atoms with Crippen LogP contribution >= 0.6 is 34.1 Å². The van der Waals surface area contributed by atoms with Gasteiger partial charge < -0.3 is 0 Å². The Balaban J connectivity index is 2.93. The van der Waals surface area contributed by atoms with Gasteiger partial charge in [0.2, 0.25) is 0 Å². The number of fused-ring (bicyclic) bond motifs is 1. The molecule has 50 valence electrons. The molecule has 0 aliphatic heterocycles. The molecule has 0 bridgehead atoms. The average molecular weight is 262 g/mol. The summed E-state index contributed by atoms with van der Waals surface area (Å²) in [5, 5.41) is 0. The van der Waals surface area contributed by atoms with Gasteiger partial charge in [0.15, 0.2) is 0 Å². The third kappa shape index (κ3) is 0.911. The number of aromatic nitrogens is 2. The summed E-state index contributed by atoms with van der Waals surface area (Å²) in [5.41, 5.74) is 2.02. The van der Waals surface area contributed by atoms with E-state index in [1.54, 1.807) is 6.20 Å². The lowest BCUT2D eigenvalue weighted by Crippen LogP contribution is -1.72. The molecule has 0 saturated carbocycles. The molecule has 2 heterocycles. The Labute approximate surface area is 75.6 Å². The fourth-order valence-electron chi connectivity index (χ4n) is 0.754. The Hall–Kier alpha value is -0.230. The summed E-state index contributed by atoms with van der Waals surface area (Å²) in [6, 6.07) is 3.87. The standard InChI is InChI=1S/C6H3IN2S/c7-6-5-4(9-10-6)2-1-3-8-5/h1-3H. The molecule has 0 aliphatic carbocycles. The summed E-state index contributed by atoms with van der Waals surface area (Å²) in [6.07, 6.45) is 1.79. The van der Waals surface area contributed by atoms with Crippen molar-refractivity contribution in [3.8, 4) is 0 Å². The molecule has 0 atom stereocenters. The predicted octanol–water partition coefficient (Wildman–Crippen LogP) is 2.30. The monoisotopic (exact) mass is 262 g/mol. The van der Waals surface area contributed by atoms with Crippen LogP contribution < -0.4 is 0 Å². The van der Waals surface area contributed by atoms with Crippen molar-refractivity contribution < 1.29 is 0 Å². The highest BCUT2D eigenvalue weighted by Crippen LogP contribution is 2.20. The smallest absolute Gasteiger partial charge is 0.115 e. The van der Waals surface area contributed by atoms with Crippen LogP contribution in [-0.4, -0.2) is 9.36 Å². The second-order valence-electron chi connectivity index (χ2n) is 1.83. The second kappa shape index (κ2) is 2.43. The van der Waals surface area contributed by atoms with Crippen LogP contribution in [0, 0.1) is 2.88 Å². The van der Waals surface area contributed by atoms with E-state index in [1.807, 2.05) is 12.1 Å². The Bertz CT molecular complexity index is 357. The summed E-state index contributed by atoms with van der Waals surface area (Å²) in [4.78, 5) is 4.18. The molecule has 2 aromatic rings. The normalized spacial score (nSPS) is 10.5. The summed E-state index contributed by atoms with van der Waals surface area (Å²) in [5.74, 6) is 0. The number of hydrogen-bond donors (Lipinski definition) is 0. The van der Waals surface area contributed by atoms with Gasteiger partial charge in [0.25, 0.3) is 0 Å². The molecule has 2 nitrogen and oxygen atoms in total. The maximum Gasteiger partial charge on any atom is 0.115 e. The highest BCUT2D eigenvalue weighted by atomic mass is 127. The molecule has 0 amide bonds. The Morgan fingerprint density at radius 1 is 1.50 bits per heavy atom. The van der Waals surface area contributed by atoms with Crippen molar-refractivity contribution in [2.24, 2.45) is 0 Å². The molecule has 2 rings (SSSR count). The Kier molecular flexibility index (Phi) is 1.57. The van der Waals surface area contributed by atoms with E-state index in [0.29, 0.717) is 0 Å². The van der Waals surface area contributed by atoms with E-state index >= 15 is 0 Å². The largest absolute Gasteiger partial charge is 0.253 e. The van der Waals surface area contributed by atoms with Crippen molar-refractivity contribution in [2.75, 3.05) is 0 Å². The number of nitrogens with zero attached hydrogens (tertiary/aromatic N) is 2. The highest BCUT2D eigenvalue weighted by molar-refractivity contribution is 14.1. The molecule has 0 spiro atoms. The molecule has 0 saturated heterocycles. The van der Waals surface area contributed by atoms with E-state index < -0.39 is 0 Å². The molecule has 0 aromatic carbocycles. The van der Waals surface area contributed by atoms with E-state index in [0.717, 1.165) is 13.9 Å². The fraction of sp³-hybridized carbons (Fsp3) is 0. The van der Waals surface area contributed by atoms with Gasteiger partial charge >= 0.3 is 0 Å². The van der Waals surface area contributed by atoms with Crippen LogP contribution in [0.5, 0.6) is 0 Å². The molecule has 10 heavy (non-hydrogen) atoms. The number of hydrogen-bond acceptors (Lipinski definition) is 3. The molecular formula is C6H3IN2S. The van der Waals surface area contributed by atoms with Crippen molar-refractivity contribution in [1.29, 1.82) is 0 Å². The van der Waals surface area contributed by atoms with Gasteiger partial charge in [-0.05, 0) is 46.3 Å². The summed E-state index contributed by atoms with van der Waals surface area (Å²) in [7, 11) is 0. The lowest BCUT2D eigenvalue weighted by Gasteiger charge is -1.82. The minimum atomic E-state index is 0.997. The van der Waals surface area contributed by atoms with Crippen LogP contribution in [0.25, 0.3) is 11.0 Å². The van der Waals surface area contributed by atoms with Crippen molar-refractivity contribution >= 4 is 45.2 Å². The zero-order valence-electron chi connectivity index (χ0n) is 4.91. The van der Waals surface area contributed by atoms with Crippen LogP contribution in [0.2, 0.25) is 0 Å². The van der Waals surface area contributed by atoms with Crippen molar-refractivity contribution in [3.05, 3.63) is 21.2 Å². The van der Waals surface area contributed by atoms with Crippen LogP contribution in [-0.2, 0) is 0 Å². The van der Waals surface area contributed by atoms with Crippen molar-refractivity contribution in [2.45, 2.75) is 0 Å². The maximum atomic E-state index is 4.19. The first-order valence-electron chi connectivity index (χ1n) is 2.74. The van der Waals surface area contributed by atoms with E-state index in [2.05, 4.69) is 31.9 Å². The van der Waals surface area contributed by atoms with Crippen LogP contribution in [0.15, 0.2) is 18.3 Å². The molecular weight excluding hydrogens is 259 g/mol. The van der Waals surface area contributed by atoms with Gasteiger partial charge in [-0.1, -0.05) is 0 Å². The minimum absolute atomic E-state index is 0.997. The van der Waals surface area contributed by atoms with Gasteiger partial charge in [0, 0.05) is 6.20 Å². The lowest BCUT2D eigenvalue weighted by atomic mass is 10.4. The lowest BCUT2D eigenvalue weighted by molar-refractivity contribution is 1.41. The molecule has 0 radical (unpaired) electrons. The zero-order chi connectivity index (χ0) is 6.97. The second-order valence-corrected chi connectivity index (χ2v) is 4.41. The van der Waals surface area contributed by atoms with Crippen LogP contribution in [0.3, 0.4) is 0 Å². The van der Waals surface area contributed by atoms with Gasteiger partial charge in [0.05, 0.1) is 0 Å². The quantitative estimate of drug-likeness (QED) is 0.681. The first-order valence-corrected chi connectivity index (χ1v) is 4.59. The Morgan fingerprint density at radius 2 is 2.40 bits per heavy atom. The van der Waals surface area contributed by atoms with Crippen molar-refractivity contribution in [3.63, 3.8) is 0 Å². The van der Waals surface area contributed by atoms with E-state index in [4.69, 9.17) is 0 Å².